The fourth-order valence-corrected chi connectivity index (χ4v) is 1.74. The van der Waals surface area contributed by atoms with Crippen molar-refractivity contribution < 1.29 is 15.0 Å². The Balaban J connectivity index is 2.26. The Labute approximate surface area is 122 Å². The number of aryl methyl sites for hydroxylation is 1. The number of rotatable bonds is 5. The summed E-state index contributed by atoms with van der Waals surface area (Å²) in [5.74, 6) is -0.474. The number of carbonyl (C=O) groups is 1. The van der Waals surface area contributed by atoms with Crippen LogP contribution in [-0.4, -0.2) is 43.8 Å². The van der Waals surface area contributed by atoms with Gasteiger partial charge in [0, 0.05) is 6.54 Å². The molecule has 0 aliphatic rings. The van der Waals surface area contributed by atoms with Crippen molar-refractivity contribution in [3.63, 3.8) is 0 Å². The lowest BCUT2D eigenvalue weighted by molar-refractivity contribution is 0.0915. The molecule has 0 fully saturated rings. The highest BCUT2D eigenvalue weighted by Crippen LogP contribution is 2.10. The summed E-state index contributed by atoms with van der Waals surface area (Å²) in [5.41, 5.74) is 2.05. The van der Waals surface area contributed by atoms with Gasteiger partial charge in [-0.2, -0.15) is 4.80 Å². The van der Waals surface area contributed by atoms with E-state index in [-0.39, 0.29) is 24.5 Å². The standard InChI is InChI=1S/C14H18N4O3/c1-9-3-5-11(6-4-9)18-16-12(8-19)13(17-18)14(21)15-7-10(2)20/h3-6,10,19-20H,7-8H2,1-2H3,(H,15,21)/t10-/m1/s1. The average molecular weight is 290 g/mol. The smallest absolute Gasteiger partial charge is 0.273 e. The average Bonchev–Trinajstić information content (AvgIpc) is 2.89. The van der Waals surface area contributed by atoms with Crippen molar-refractivity contribution in [2.75, 3.05) is 6.54 Å². The lowest BCUT2D eigenvalue weighted by Crippen LogP contribution is -2.31. The predicted octanol–water partition coefficient (Wildman–Crippen LogP) is 0.179. The van der Waals surface area contributed by atoms with Gasteiger partial charge in [-0.3, -0.25) is 4.79 Å². The highest BCUT2D eigenvalue weighted by Gasteiger charge is 2.18. The Hall–Kier alpha value is -2.25. The summed E-state index contributed by atoms with van der Waals surface area (Å²) < 4.78 is 0. The molecule has 7 heteroatoms. The van der Waals surface area contributed by atoms with E-state index in [1.54, 1.807) is 6.92 Å². The molecule has 0 aliphatic carbocycles. The molecule has 1 heterocycles. The number of amides is 1. The van der Waals surface area contributed by atoms with Crippen LogP contribution in [0.1, 0.15) is 28.7 Å². The molecule has 0 radical (unpaired) electrons. The summed E-state index contributed by atoms with van der Waals surface area (Å²) in [4.78, 5) is 13.3. The van der Waals surface area contributed by atoms with Gasteiger partial charge in [-0.05, 0) is 26.0 Å². The van der Waals surface area contributed by atoms with Gasteiger partial charge in [0.05, 0.1) is 18.4 Å². The Morgan fingerprint density at radius 2 is 2.00 bits per heavy atom. The number of benzene rings is 1. The van der Waals surface area contributed by atoms with Gasteiger partial charge in [-0.1, -0.05) is 17.7 Å². The fourth-order valence-electron chi connectivity index (χ4n) is 1.74. The zero-order chi connectivity index (χ0) is 15.4. The second-order valence-corrected chi connectivity index (χ2v) is 4.84. The second kappa shape index (κ2) is 6.47. The fraction of sp³-hybridized carbons (Fsp3) is 0.357. The number of aromatic nitrogens is 3. The van der Waals surface area contributed by atoms with Crippen molar-refractivity contribution in [3.05, 3.63) is 41.2 Å². The molecule has 1 atom stereocenters. The molecule has 0 saturated heterocycles. The summed E-state index contributed by atoms with van der Waals surface area (Å²) >= 11 is 0. The Morgan fingerprint density at radius 3 is 2.57 bits per heavy atom. The molecule has 21 heavy (non-hydrogen) atoms. The van der Waals surface area contributed by atoms with Gasteiger partial charge in [0.2, 0.25) is 0 Å². The van der Waals surface area contributed by atoms with E-state index < -0.39 is 12.0 Å². The number of hydrogen-bond donors (Lipinski definition) is 3. The van der Waals surface area contributed by atoms with E-state index in [1.165, 1.54) is 4.80 Å². The largest absolute Gasteiger partial charge is 0.392 e. The minimum absolute atomic E-state index is 0.0544. The first-order valence-corrected chi connectivity index (χ1v) is 6.61. The number of hydrogen-bond acceptors (Lipinski definition) is 5. The molecule has 0 bridgehead atoms. The van der Waals surface area contributed by atoms with Gasteiger partial charge in [-0.25, -0.2) is 0 Å². The monoisotopic (exact) mass is 290 g/mol. The summed E-state index contributed by atoms with van der Waals surface area (Å²) in [6.07, 6.45) is -0.654. The van der Waals surface area contributed by atoms with Gasteiger partial charge in [0.25, 0.3) is 5.91 Å². The van der Waals surface area contributed by atoms with Crippen molar-refractivity contribution in [2.24, 2.45) is 0 Å². The maximum Gasteiger partial charge on any atom is 0.273 e. The molecule has 0 saturated carbocycles. The molecule has 1 aromatic carbocycles. The Kier molecular flexibility index (Phi) is 4.66. The number of aliphatic hydroxyl groups is 2. The van der Waals surface area contributed by atoms with Crippen molar-refractivity contribution in [1.29, 1.82) is 0 Å². The molecule has 0 spiro atoms. The van der Waals surface area contributed by atoms with Gasteiger partial charge in [0.1, 0.15) is 5.69 Å². The van der Waals surface area contributed by atoms with Crippen LogP contribution in [0.4, 0.5) is 0 Å². The topological polar surface area (TPSA) is 100 Å². The maximum atomic E-state index is 12.0. The van der Waals surface area contributed by atoms with Crippen molar-refractivity contribution in [2.45, 2.75) is 26.6 Å². The summed E-state index contributed by atoms with van der Waals surface area (Å²) in [5, 5.41) is 29.2. The van der Waals surface area contributed by atoms with Gasteiger partial charge in [0.15, 0.2) is 5.69 Å². The zero-order valence-corrected chi connectivity index (χ0v) is 11.9. The first-order chi connectivity index (χ1) is 10.0. The minimum atomic E-state index is -0.654. The first-order valence-electron chi connectivity index (χ1n) is 6.61. The zero-order valence-electron chi connectivity index (χ0n) is 11.9. The minimum Gasteiger partial charge on any atom is -0.392 e. The quantitative estimate of drug-likeness (QED) is 0.729. The normalized spacial score (nSPS) is 12.2. The lowest BCUT2D eigenvalue weighted by atomic mass is 10.2. The van der Waals surface area contributed by atoms with Gasteiger partial charge >= 0.3 is 0 Å². The van der Waals surface area contributed by atoms with Crippen molar-refractivity contribution in [3.8, 4) is 5.69 Å². The molecule has 112 valence electrons. The first kappa shape index (κ1) is 15.1. The molecule has 1 amide bonds. The third-order valence-electron chi connectivity index (χ3n) is 2.87. The van der Waals surface area contributed by atoms with E-state index in [0.717, 1.165) is 5.56 Å². The second-order valence-electron chi connectivity index (χ2n) is 4.84. The van der Waals surface area contributed by atoms with E-state index in [2.05, 4.69) is 15.5 Å². The highest BCUT2D eigenvalue weighted by molar-refractivity contribution is 5.93. The van der Waals surface area contributed by atoms with Crippen LogP contribution < -0.4 is 5.32 Å². The molecule has 2 aromatic rings. The number of nitrogens with zero attached hydrogens (tertiary/aromatic N) is 3. The van der Waals surface area contributed by atoms with Crippen LogP contribution in [0.25, 0.3) is 5.69 Å². The number of nitrogens with one attached hydrogen (secondary N) is 1. The van der Waals surface area contributed by atoms with E-state index >= 15 is 0 Å². The maximum absolute atomic E-state index is 12.0. The molecular weight excluding hydrogens is 272 g/mol. The van der Waals surface area contributed by atoms with Gasteiger partial charge in [-0.15, -0.1) is 10.2 Å². The third-order valence-corrected chi connectivity index (χ3v) is 2.87. The number of aliphatic hydroxyl groups excluding tert-OH is 2. The molecule has 2 rings (SSSR count). The van der Waals surface area contributed by atoms with Crippen LogP contribution in [0.2, 0.25) is 0 Å². The summed E-state index contributed by atoms with van der Waals surface area (Å²) in [7, 11) is 0. The SMILES string of the molecule is Cc1ccc(-n2nc(CO)c(C(=O)NC[C@@H](C)O)n2)cc1. The third kappa shape index (κ3) is 3.65. The van der Waals surface area contributed by atoms with Crippen molar-refractivity contribution >= 4 is 5.91 Å². The van der Waals surface area contributed by atoms with Crippen LogP contribution in [0, 0.1) is 6.92 Å². The molecule has 0 aliphatic heterocycles. The molecule has 7 nitrogen and oxygen atoms in total. The van der Waals surface area contributed by atoms with E-state index in [4.69, 9.17) is 0 Å². The van der Waals surface area contributed by atoms with Crippen LogP contribution >= 0.6 is 0 Å². The highest BCUT2D eigenvalue weighted by atomic mass is 16.3. The molecule has 0 unspecified atom stereocenters. The van der Waals surface area contributed by atoms with Crippen LogP contribution in [0.15, 0.2) is 24.3 Å². The van der Waals surface area contributed by atoms with Crippen LogP contribution in [0.3, 0.4) is 0 Å². The molecule has 3 N–H and O–H groups in total. The predicted molar refractivity (Wildman–Crippen MR) is 76.0 cm³/mol. The Bertz CT molecular complexity index is 620. The van der Waals surface area contributed by atoms with Crippen molar-refractivity contribution in [1.82, 2.24) is 20.3 Å². The van der Waals surface area contributed by atoms with E-state index in [9.17, 15) is 15.0 Å². The van der Waals surface area contributed by atoms with Crippen LogP contribution in [-0.2, 0) is 6.61 Å². The number of carbonyl (C=O) groups excluding carboxylic acids is 1. The molecular formula is C14H18N4O3. The lowest BCUT2D eigenvalue weighted by Gasteiger charge is -2.05. The van der Waals surface area contributed by atoms with Gasteiger partial charge < -0.3 is 15.5 Å². The van der Waals surface area contributed by atoms with Crippen LogP contribution in [0.5, 0.6) is 0 Å². The Morgan fingerprint density at radius 1 is 1.33 bits per heavy atom. The van der Waals surface area contributed by atoms with E-state index in [0.29, 0.717) is 5.69 Å². The summed E-state index contributed by atoms with van der Waals surface area (Å²) in [6.45, 7) is 3.26. The van der Waals surface area contributed by atoms with E-state index in [1.807, 2.05) is 31.2 Å². The summed E-state index contributed by atoms with van der Waals surface area (Å²) in [6, 6.07) is 7.47. The molecule has 1 aromatic heterocycles.